The molecule has 2 rings (SSSR count). The molecule has 1 fully saturated rings. The molecule has 1 atom stereocenters. The molecule has 1 aliphatic rings. The number of H-pyrrole nitrogens is 1. The summed E-state index contributed by atoms with van der Waals surface area (Å²) in [5.74, 6) is 0.652. The maximum atomic E-state index is 11.2. The van der Waals surface area contributed by atoms with Crippen molar-refractivity contribution in [3.8, 4) is 0 Å². The van der Waals surface area contributed by atoms with Gasteiger partial charge in [0.25, 0.3) is 5.56 Å². The molecule has 1 aliphatic heterocycles. The zero-order chi connectivity index (χ0) is 11.5. The van der Waals surface area contributed by atoms with Gasteiger partial charge in [0.05, 0.1) is 6.61 Å². The molecule has 2 N–H and O–H groups in total. The molecule has 1 aromatic heterocycles. The largest absolute Gasteiger partial charge is 0.477 e. The smallest absolute Gasteiger partial charge is 0.354 e. The fourth-order valence-electron chi connectivity index (χ4n) is 1.38. The molecule has 0 radical (unpaired) electrons. The zero-order valence-electron chi connectivity index (χ0n) is 8.30. The Bertz CT molecular complexity index is 453. The van der Waals surface area contributed by atoms with Crippen LogP contribution in [-0.4, -0.2) is 39.2 Å². The number of hydrogen-bond donors (Lipinski definition) is 2. The summed E-state index contributed by atoms with van der Waals surface area (Å²) in [5, 5.41) is 8.77. The first-order chi connectivity index (χ1) is 7.66. The first-order valence-electron chi connectivity index (χ1n) is 4.71. The summed E-state index contributed by atoms with van der Waals surface area (Å²) in [6.07, 6.45) is -0.328. The van der Waals surface area contributed by atoms with Crippen molar-refractivity contribution in [2.24, 2.45) is 0 Å². The van der Waals surface area contributed by atoms with Crippen LogP contribution in [0.4, 0.5) is 0 Å². The summed E-state index contributed by atoms with van der Waals surface area (Å²) in [6, 6.07) is 0.960. The Morgan fingerprint density at radius 3 is 3.12 bits per heavy atom. The van der Waals surface area contributed by atoms with E-state index in [4.69, 9.17) is 9.84 Å². The molecule has 0 spiro atoms. The molecule has 0 amide bonds. The van der Waals surface area contributed by atoms with E-state index in [1.807, 2.05) is 0 Å². The molecule has 1 saturated heterocycles. The van der Waals surface area contributed by atoms with Gasteiger partial charge in [0.1, 0.15) is 11.9 Å². The van der Waals surface area contributed by atoms with Crippen molar-refractivity contribution in [1.82, 2.24) is 9.97 Å². The number of hydrogen-bond acceptors (Lipinski definition) is 5. The Morgan fingerprint density at radius 1 is 1.69 bits per heavy atom. The number of nitrogens with zero attached hydrogens (tertiary/aromatic N) is 1. The van der Waals surface area contributed by atoms with Crippen molar-refractivity contribution in [2.75, 3.05) is 18.1 Å². The van der Waals surface area contributed by atoms with Gasteiger partial charge in [0, 0.05) is 17.6 Å². The standard InChI is InChI=1S/C9H10N2O4S/c12-7-3-5(9(13)14)10-8(11-7)6-4-16-2-1-15-6/h3,6H,1-2,4H2,(H,13,14)(H,10,11,12). The SMILES string of the molecule is O=C(O)c1cc(=O)[nH]c(C2CSCCO2)n1. The molecule has 0 aromatic carbocycles. The lowest BCUT2D eigenvalue weighted by atomic mass is 10.3. The van der Waals surface area contributed by atoms with E-state index in [9.17, 15) is 9.59 Å². The lowest BCUT2D eigenvalue weighted by Crippen LogP contribution is -2.23. The predicted octanol–water partition coefficient (Wildman–Crippen LogP) is 0.273. The van der Waals surface area contributed by atoms with Crippen molar-refractivity contribution >= 4 is 17.7 Å². The van der Waals surface area contributed by atoms with Crippen molar-refractivity contribution in [3.05, 3.63) is 27.9 Å². The van der Waals surface area contributed by atoms with Crippen LogP contribution in [0, 0.1) is 0 Å². The van der Waals surface area contributed by atoms with Gasteiger partial charge in [0.2, 0.25) is 0 Å². The molecule has 6 nitrogen and oxygen atoms in total. The Balaban J connectivity index is 2.32. The molecule has 0 saturated carbocycles. The number of carboxylic acids is 1. The number of aromatic amines is 1. The monoisotopic (exact) mass is 242 g/mol. The Labute approximate surface area is 95.0 Å². The van der Waals surface area contributed by atoms with E-state index in [1.165, 1.54) is 0 Å². The van der Waals surface area contributed by atoms with Gasteiger partial charge in [-0.2, -0.15) is 11.8 Å². The van der Waals surface area contributed by atoms with E-state index in [-0.39, 0.29) is 17.6 Å². The summed E-state index contributed by atoms with van der Waals surface area (Å²) >= 11 is 1.68. The van der Waals surface area contributed by atoms with E-state index in [2.05, 4.69) is 9.97 Å². The maximum absolute atomic E-state index is 11.2. The predicted molar refractivity (Wildman–Crippen MR) is 57.8 cm³/mol. The molecule has 1 unspecified atom stereocenters. The minimum absolute atomic E-state index is 0.252. The topological polar surface area (TPSA) is 92.3 Å². The van der Waals surface area contributed by atoms with Crippen LogP contribution >= 0.6 is 11.8 Å². The van der Waals surface area contributed by atoms with Crippen molar-refractivity contribution < 1.29 is 14.6 Å². The van der Waals surface area contributed by atoms with Crippen LogP contribution in [0.3, 0.4) is 0 Å². The normalized spacial score (nSPS) is 20.6. The van der Waals surface area contributed by atoms with Gasteiger partial charge in [-0.15, -0.1) is 0 Å². The van der Waals surface area contributed by atoms with E-state index in [1.54, 1.807) is 11.8 Å². The van der Waals surface area contributed by atoms with Gasteiger partial charge in [-0.1, -0.05) is 0 Å². The molecule has 7 heteroatoms. The number of aromatic carboxylic acids is 1. The van der Waals surface area contributed by atoms with Gasteiger partial charge < -0.3 is 14.8 Å². The molecule has 1 aromatic rings. The van der Waals surface area contributed by atoms with Crippen LogP contribution in [0.25, 0.3) is 0 Å². The maximum Gasteiger partial charge on any atom is 0.354 e. The number of rotatable bonds is 2. The van der Waals surface area contributed by atoms with Gasteiger partial charge in [-0.05, 0) is 0 Å². The second-order valence-corrected chi connectivity index (χ2v) is 4.41. The van der Waals surface area contributed by atoms with Crippen molar-refractivity contribution in [3.63, 3.8) is 0 Å². The minimum Gasteiger partial charge on any atom is -0.477 e. The number of nitrogens with one attached hydrogen (secondary N) is 1. The summed E-state index contributed by atoms with van der Waals surface area (Å²) in [6.45, 7) is 0.580. The number of ether oxygens (including phenoxy) is 1. The van der Waals surface area contributed by atoms with E-state index in [0.29, 0.717) is 12.4 Å². The molecule has 2 heterocycles. The summed E-state index contributed by atoms with van der Waals surface area (Å²) in [7, 11) is 0. The second kappa shape index (κ2) is 4.67. The highest BCUT2D eigenvalue weighted by Crippen LogP contribution is 2.23. The van der Waals surface area contributed by atoms with Crippen LogP contribution in [0.2, 0.25) is 0 Å². The lowest BCUT2D eigenvalue weighted by Gasteiger charge is -2.21. The van der Waals surface area contributed by atoms with Crippen LogP contribution in [0.1, 0.15) is 22.4 Å². The van der Waals surface area contributed by atoms with Gasteiger partial charge in [-0.25, -0.2) is 9.78 Å². The summed E-state index contributed by atoms with van der Waals surface area (Å²) in [5.41, 5.74) is -0.723. The van der Waals surface area contributed by atoms with Gasteiger partial charge in [-0.3, -0.25) is 4.79 Å². The van der Waals surface area contributed by atoms with Crippen LogP contribution in [0.5, 0.6) is 0 Å². The number of carbonyl (C=O) groups is 1. The van der Waals surface area contributed by atoms with Crippen molar-refractivity contribution in [2.45, 2.75) is 6.10 Å². The fourth-order valence-corrected chi connectivity index (χ4v) is 2.23. The third-order valence-electron chi connectivity index (χ3n) is 2.10. The quantitative estimate of drug-likeness (QED) is 0.773. The van der Waals surface area contributed by atoms with Gasteiger partial charge >= 0.3 is 5.97 Å². The summed E-state index contributed by atoms with van der Waals surface area (Å²) in [4.78, 5) is 28.3. The van der Waals surface area contributed by atoms with Crippen LogP contribution in [-0.2, 0) is 4.74 Å². The number of carboxylic acid groups (broad SMARTS) is 1. The number of thioether (sulfide) groups is 1. The van der Waals surface area contributed by atoms with Crippen LogP contribution < -0.4 is 5.56 Å². The highest BCUT2D eigenvalue weighted by Gasteiger charge is 2.20. The van der Waals surface area contributed by atoms with E-state index >= 15 is 0 Å². The first-order valence-corrected chi connectivity index (χ1v) is 5.86. The third-order valence-corrected chi connectivity index (χ3v) is 3.09. The Kier molecular flexibility index (Phi) is 3.25. The molecule has 86 valence electrons. The Hall–Kier alpha value is -1.34. The van der Waals surface area contributed by atoms with Gasteiger partial charge in [0.15, 0.2) is 5.69 Å². The number of aromatic nitrogens is 2. The highest BCUT2D eigenvalue weighted by molar-refractivity contribution is 7.99. The highest BCUT2D eigenvalue weighted by atomic mass is 32.2. The molecular weight excluding hydrogens is 232 g/mol. The summed E-state index contributed by atoms with van der Waals surface area (Å²) < 4.78 is 5.41. The molecular formula is C9H10N2O4S. The molecule has 16 heavy (non-hydrogen) atoms. The van der Waals surface area contributed by atoms with E-state index < -0.39 is 11.5 Å². The van der Waals surface area contributed by atoms with Crippen molar-refractivity contribution in [1.29, 1.82) is 0 Å². The molecule has 0 bridgehead atoms. The molecule has 0 aliphatic carbocycles. The zero-order valence-corrected chi connectivity index (χ0v) is 9.12. The Morgan fingerprint density at radius 2 is 2.50 bits per heavy atom. The van der Waals surface area contributed by atoms with Crippen LogP contribution in [0.15, 0.2) is 10.9 Å². The lowest BCUT2D eigenvalue weighted by molar-refractivity contribution is 0.0656. The fraction of sp³-hybridized carbons (Fsp3) is 0.444. The average Bonchev–Trinajstić information content (AvgIpc) is 2.29. The second-order valence-electron chi connectivity index (χ2n) is 3.26. The first kappa shape index (κ1) is 11.2. The van der Waals surface area contributed by atoms with E-state index in [0.717, 1.165) is 11.8 Å². The minimum atomic E-state index is -1.21. The average molecular weight is 242 g/mol. The third kappa shape index (κ3) is 2.42.